The second-order valence-corrected chi connectivity index (χ2v) is 5.81. The van der Waals surface area contributed by atoms with Crippen molar-refractivity contribution in [1.82, 2.24) is 9.97 Å². The van der Waals surface area contributed by atoms with Crippen LogP contribution in [-0.4, -0.2) is 9.97 Å². The topological polar surface area (TPSA) is 25.8 Å². The van der Waals surface area contributed by atoms with Crippen molar-refractivity contribution >= 4 is 11.6 Å². The number of halogens is 1. The normalized spacial score (nSPS) is 17.8. The lowest BCUT2D eigenvalue weighted by molar-refractivity contribution is 0.703. The first-order valence-electron chi connectivity index (χ1n) is 6.77. The number of nitrogens with zero attached hydrogens (tertiary/aromatic N) is 2. The molecule has 0 bridgehead atoms. The molecule has 0 spiro atoms. The summed E-state index contributed by atoms with van der Waals surface area (Å²) >= 11 is 6.15. The highest BCUT2D eigenvalue weighted by molar-refractivity contribution is 6.29. The third kappa shape index (κ3) is 2.37. The van der Waals surface area contributed by atoms with Crippen LogP contribution in [0.2, 0.25) is 5.15 Å². The van der Waals surface area contributed by atoms with Crippen molar-refractivity contribution in [2.75, 3.05) is 0 Å². The molecule has 98 valence electrons. The molecule has 1 aromatic carbocycles. The van der Waals surface area contributed by atoms with Gasteiger partial charge in [-0.3, -0.25) is 0 Å². The first-order chi connectivity index (χ1) is 9.15. The number of rotatable bonds is 2. The predicted octanol–water partition coefficient (Wildman–Crippen LogP) is 4.33. The minimum absolute atomic E-state index is 0.299. The molecule has 0 amide bonds. The van der Waals surface area contributed by atoms with Crippen molar-refractivity contribution in [3.63, 3.8) is 0 Å². The Bertz CT molecular complexity index is 607. The van der Waals surface area contributed by atoms with Crippen LogP contribution >= 0.6 is 11.6 Å². The van der Waals surface area contributed by atoms with Gasteiger partial charge >= 0.3 is 0 Å². The summed E-state index contributed by atoms with van der Waals surface area (Å²) in [7, 11) is 0. The van der Waals surface area contributed by atoms with Crippen LogP contribution in [0.4, 0.5) is 0 Å². The van der Waals surface area contributed by atoms with E-state index in [1.807, 2.05) is 6.07 Å². The molecule has 1 aliphatic rings. The molecule has 2 nitrogen and oxygen atoms in total. The summed E-state index contributed by atoms with van der Waals surface area (Å²) in [6.07, 6.45) is 2.19. The van der Waals surface area contributed by atoms with Gasteiger partial charge in [-0.25, -0.2) is 9.97 Å². The highest BCUT2D eigenvalue weighted by atomic mass is 35.5. The second kappa shape index (κ2) is 4.93. The van der Waals surface area contributed by atoms with Gasteiger partial charge in [0.05, 0.1) is 0 Å². The van der Waals surface area contributed by atoms with Crippen LogP contribution in [0.3, 0.4) is 0 Å². The molecule has 1 atom stereocenters. The molecule has 0 saturated heterocycles. The minimum Gasteiger partial charge on any atom is -0.237 e. The molecule has 3 heteroatoms. The molecule has 1 unspecified atom stereocenters. The van der Waals surface area contributed by atoms with Gasteiger partial charge in [0.2, 0.25) is 0 Å². The standard InChI is InChI=1S/C16H17ClN2/c1-10(2)14-9-15(17)19-16(18-14)13-8-7-11-5-3-4-6-12(11)13/h3-6,9-10,13H,7-8H2,1-2H3. The summed E-state index contributed by atoms with van der Waals surface area (Å²) in [4.78, 5) is 9.17. The Morgan fingerprint density at radius 1 is 1.21 bits per heavy atom. The van der Waals surface area contributed by atoms with Gasteiger partial charge in [0.25, 0.3) is 0 Å². The van der Waals surface area contributed by atoms with E-state index in [0.717, 1.165) is 24.4 Å². The van der Waals surface area contributed by atoms with Gasteiger partial charge in [0, 0.05) is 11.6 Å². The Hall–Kier alpha value is -1.41. The van der Waals surface area contributed by atoms with Gasteiger partial charge in [0.1, 0.15) is 11.0 Å². The molecule has 1 heterocycles. The quantitative estimate of drug-likeness (QED) is 0.761. The number of benzene rings is 1. The van der Waals surface area contributed by atoms with E-state index in [-0.39, 0.29) is 0 Å². The van der Waals surface area contributed by atoms with Gasteiger partial charge in [0.15, 0.2) is 0 Å². The summed E-state index contributed by atoms with van der Waals surface area (Å²) in [5, 5.41) is 0.554. The Kier molecular flexibility index (Phi) is 3.28. The second-order valence-electron chi connectivity index (χ2n) is 5.42. The fourth-order valence-corrected chi connectivity index (χ4v) is 2.93. The van der Waals surface area contributed by atoms with E-state index in [2.05, 4.69) is 43.1 Å². The monoisotopic (exact) mass is 272 g/mol. The highest BCUT2D eigenvalue weighted by Crippen LogP contribution is 2.37. The lowest BCUT2D eigenvalue weighted by Crippen LogP contribution is -2.06. The maximum atomic E-state index is 6.15. The molecular formula is C16H17ClN2. The lowest BCUT2D eigenvalue weighted by atomic mass is 10.00. The molecule has 1 aromatic heterocycles. The summed E-state index contributed by atoms with van der Waals surface area (Å²) in [5.74, 6) is 1.55. The van der Waals surface area contributed by atoms with Crippen molar-refractivity contribution in [1.29, 1.82) is 0 Å². The van der Waals surface area contributed by atoms with Crippen LogP contribution in [0.15, 0.2) is 30.3 Å². The van der Waals surface area contributed by atoms with Crippen molar-refractivity contribution in [2.45, 2.75) is 38.5 Å². The predicted molar refractivity (Wildman–Crippen MR) is 77.7 cm³/mol. The van der Waals surface area contributed by atoms with E-state index < -0.39 is 0 Å². The zero-order valence-electron chi connectivity index (χ0n) is 11.2. The van der Waals surface area contributed by atoms with Crippen LogP contribution in [0.25, 0.3) is 0 Å². The molecule has 0 fully saturated rings. The van der Waals surface area contributed by atoms with E-state index in [1.165, 1.54) is 11.1 Å². The number of hydrogen-bond acceptors (Lipinski definition) is 2. The zero-order valence-corrected chi connectivity index (χ0v) is 12.0. The molecule has 19 heavy (non-hydrogen) atoms. The molecule has 0 radical (unpaired) electrons. The lowest BCUT2D eigenvalue weighted by Gasteiger charge is -2.13. The summed E-state index contributed by atoms with van der Waals surface area (Å²) in [6, 6.07) is 10.4. The third-order valence-corrected chi connectivity index (χ3v) is 3.96. The van der Waals surface area contributed by atoms with E-state index in [1.54, 1.807) is 0 Å². The molecule has 0 saturated carbocycles. The Morgan fingerprint density at radius 2 is 2.00 bits per heavy atom. The van der Waals surface area contributed by atoms with Crippen molar-refractivity contribution in [3.8, 4) is 0 Å². The fraction of sp³-hybridized carbons (Fsp3) is 0.375. The van der Waals surface area contributed by atoms with Crippen LogP contribution in [0.1, 0.15) is 54.7 Å². The van der Waals surface area contributed by atoms with Gasteiger partial charge in [-0.1, -0.05) is 49.7 Å². The SMILES string of the molecule is CC(C)c1cc(Cl)nc(C2CCc3ccccc32)n1. The van der Waals surface area contributed by atoms with E-state index >= 15 is 0 Å². The summed E-state index contributed by atoms with van der Waals surface area (Å²) in [6.45, 7) is 4.26. The number of hydrogen-bond donors (Lipinski definition) is 0. The van der Waals surface area contributed by atoms with Gasteiger partial charge in [-0.05, 0) is 36.0 Å². The van der Waals surface area contributed by atoms with Crippen LogP contribution < -0.4 is 0 Å². The van der Waals surface area contributed by atoms with E-state index in [4.69, 9.17) is 16.6 Å². The molecule has 0 N–H and O–H groups in total. The zero-order chi connectivity index (χ0) is 13.4. The number of fused-ring (bicyclic) bond motifs is 1. The maximum Gasteiger partial charge on any atom is 0.137 e. The Labute approximate surface area is 118 Å². The molecule has 3 rings (SSSR count). The molecule has 1 aliphatic carbocycles. The maximum absolute atomic E-state index is 6.15. The summed E-state index contributed by atoms with van der Waals surface area (Å²) in [5.41, 5.74) is 3.81. The van der Waals surface area contributed by atoms with E-state index in [9.17, 15) is 0 Å². The average Bonchev–Trinajstić information content (AvgIpc) is 2.81. The highest BCUT2D eigenvalue weighted by Gasteiger charge is 2.26. The number of aromatic nitrogens is 2. The number of aryl methyl sites for hydroxylation is 1. The minimum atomic E-state index is 0.299. The fourth-order valence-electron chi connectivity index (χ4n) is 2.73. The van der Waals surface area contributed by atoms with E-state index in [0.29, 0.717) is 17.0 Å². The van der Waals surface area contributed by atoms with Crippen LogP contribution in [0.5, 0.6) is 0 Å². The van der Waals surface area contributed by atoms with Crippen molar-refractivity contribution in [2.24, 2.45) is 0 Å². The van der Waals surface area contributed by atoms with Crippen LogP contribution in [0, 0.1) is 0 Å². The first-order valence-corrected chi connectivity index (χ1v) is 7.15. The Balaban J connectivity index is 2.04. The van der Waals surface area contributed by atoms with Gasteiger partial charge in [-0.2, -0.15) is 0 Å². The molecule has 0 aliphatic heterocycles. The molecular weight excluding hydrogens is 256 g/mol. The average molecular weight is 273 g/mol. The summed E-state index contributed by atoms with van der Waals surface area (Å²) < 4.78 is 0. The van der Waals surface area contributed by atoms with Crippen molar-refractivity contribution in [3.05, 3.63) is 58.1 Å². The first kappa shape index (κ1) is 12.6. The third-order valence-electron chi connectivity index (χ3n) is 3.77. The smallest absolute Gasteiger partial charge is 0.137 e. The largest absolute Gasteiger partial charge is 0.237 e. The van der Waals surface area contributed by atoms with Crippen LogP contribution in [-0.2, 0) is 6.42 Å². The van der Waals surface area contributed by atoms with Gasteiger partial charge in [-0.15, -0.1) is 0 Å². The molecule has 2 aromatic rings. The van der Waals surface area contributed by atoms with Gasteiger partial charge < -0.3 is 0 Å². The van der Waals surface area contributed by atoms with Crippen molar-refractivity contribution < 1.29 is 0 Å². The Morgan fingerprint density at radius 3 is 2.79 bits per heavy atom.